The molecule has 0 aliphatic heterocycles. The molecule has 3 aromatic carbocycles. The second-order valence-corrected chi connectivity index (χ2v) is 9.12. The Balaban J connectivity index is 1.89. The summed E-state index contributed by atoms with van der Waals surface area (Å²) in [4.78, 5) is 12.5. The number of benzene rings is 3. The molecule has 0 aromatic heterocycles. The highest BCUT2D eigenvalue weighted by molar-refractivity contribution is 7.92. The summed E-state index contributed by atoms with van der Waals surface area (Å²) in [5.41, 5.74) is 1.21. The topological polar surface area (TPSA) is 63.7 Å². The van der Waals surface area contributed by atoms with Gasteiger partial charge in [-0.25, -0.2) is 13.2 Å². The Kier molecular flexibility index (Phi) is 6.17. The number of halogens is 2. The maximum atomic E-state index is 13.0. The minimum atomic E-state index is -3.90. The molecule has 0 aliphatic rings. The van der Waals surface area contributed by atoms with Crippen LogP contribution in [-0.4, -0.2) is 21.4 Å². The molecule has 3 rings (SSSR count). The van der Waals surface area contributed by atoms with E-state index in [9.17, 15) is 13.2 Å². The predicted octanol–water partition coefficient (Wildman–Crippen LogP) is 5.35. The Bertz CT molecular complexity index is 1180. The largest absolute Gasteiger partial charge is 0.423 e. The molecule has 0 amide bonds. The monoisotopic (exact) mass is 449 g/mol. The molecule has 0 unspecified atom stereocenters. The summed E-state index contributed by atoms with van der Waals surface area (Å²) in [6.45, 7) is 1.76. The highest BCUT2D eigenvalue weighted by Crippen LogP contribution is 2.26. The quantitative estimate of drug-likeness (QED) is 0.389. The predicted molar refractivity (Wildman–Crippen MR) is 115 cm³/mol. The van der Waals surface area contributed by atoms with Gasteiger partial charge < -0.3 is 4.74 Å². The van der Waals surface area contributed by atoms with Gasteiger partial charge in [0.25, 0.3) is 10.0 Å². The second-order valence-electron chi connectivity index (χ2n) is 6.28. The molecule has 29 heavy (non-hydrogen) atoms. The Hall–Kier alpha value is -2.54. The number of anilines is 1. The van der Waals surface area contributed by atoms with E-state index in [4.69, 9.17) is 27.9 Å². The summed E-state index contributed by atoms with van der Waals surface area (Å²) in [6.07, 6.45) is 0. The number of rotatable bonds is 5. The first kappa shape index (κ1) is 21.2. The van der Waals surface area contributed by atoms with Crippen LogP contribution < -0.4 is 9.04 Å². The average molecular weight is 450 g/mol. The number of carbonyl (C=O) groups is 1. The van der Waals surface area contributed by atoms with Crippen LogP contribution in [0.5, 0.6) is 5.75 Å². The van der Waals surface area contributed by atoms with E-state index in [1.54, 1.807) is 49.4 Å². The number of hydrogen-bond donors (Lipinski definition) is 0. The lowest BCUT2D eigenvalue weighted by atomic mass is 10.2. The third-order valence-electron chi connectivity index (χ3n) is 4.24. The third-order valence-corrected chi connectivity index (χ3v) is 6.49. The van der Waals surface area contributed by atoms with E-state index >= 15 is 0 Å². The van der Waals surface area contributed by atoms with E-state index in [1.807, 2.05) is 0 Å². The maximum Gasteiger partial charge on any atom is 0.343 e. The molecule has 0 saturated heterocycles. The fourth-order valence-electron chi connectivity index (χ4n) is 2.64. The molecule has 0 atom stereocenters. The standard InChI is InChI=1S/C21H17Cl2NO4S/c1-14-11-17(23)9-10-20(14)28-21(25)15-5-3-8-19(12-15)29(26,27)24(2)18-7-4-6-16(22)13-18/h3-13H,1-2H3. The van der Waals surface area contributed by atoms with E-state index in [1.165, 1.54) is 31.3 Å². The number of sulfonamides is 1. The molecule has 3 aromatic rings. The van der Waals surface area contributed by atoms with Gasteiger partial charge in [0.2, 0.25) is 0 Å². The van der Waals surface area contributed by atoms with Crippen molar-refractivity contribution in [2.45, 2.75) is 11.8 Å². The van der Waals surface area contributed by atoms with Crippen molar-refractivity contribution < 1.29 is 17.9 Å². The molecule has 150 valence electrons. The van der Waals surface area contributed by atoms with E-state index in [0.717, 1.165) is 4.31 Å². The summed E-state index contributed by atoms with van der Waals surface area (Å²) < 4.78 is 32.5. The van der Waals surface area contributed by atoms with Crippen LogP contribution in [0.1, 0.15) is 15.9 Å². The molecule has 0 spiro atoms. The van der Waals surface area contributed by atoms with Crippen molar-refractivity contribution >= 4 is 44.9 Å². The normalized spacial score (nSPS) is 11.2. The second kappa shape index (κ2) is 8.45. The van der Waals surface area contributed by atoms with Gasteiger partial charge in [-0.05, 0) is 67.1 Å². The van der Waals surface area contributed by atoms with Gasteiger partial charge in [0, 0.05) is 17.1 Å². The average Bonchev–Trinajstić information content (AvgIpc) is 2.69. The first-order valence-corrected chi connectivity index (χ1v) is 10.7. The molecular formula is C21H17Cl2NO4S. The highest BCUT2D eigenvalue weighted by Gasteiger charge is 2.23. The van der Waals surface area contributed by atoms with Gasteiger partial charge >= 0.3 is 5.97 Å². The molecule has 5 nitrogen and oxygen atoms in total. The van der Waals surface area contributed by atoms with Crippen molar-refractivity contribution in [2.75, 3.05) is 11.4 Å². The number of carbonyl (C=O) groups excluding carboxylic acids is 1. The molecule has 0 bridgehead atoms. The van der Waals surface area contributed by atoms with Gasteiger partial charge in [-0.2, -0.15) is 0 Å². The lowest BCUT2D eigenvalue weighted by Gasteiger charge is -2.20. The van der Waals surface area contributed by atoms with Crippen LogP contribution in [0, 0.1) is 6.92 Å². The molecule has 8 heteroatoms. The van der Waals surface area contributed by atoms with Crippen LogP contribution in [0.25, 0.3) is 0 Å². The number of esters is 1. The number of ether oxygens (including phenoxy) is 1. The summed E-state index contributed by atoms with van der Waals surface area (Å²) in [5, 5.41) is 0.944. The van der Waals surface area contributed by atoms with Gasteiger partial charge in [-0.1, -0.05) is 35.3 Å². The molecule has 0 heterocycles. The van der Waals surface area contributed by atoms with Crippen LogP contribution in [0.15, 0.2) is 71.6 Å². The zero-order chi connectivity index (χ0) is 21.2. The first-order chi connectivity index (χ1) is 13.7. The van der Waals surface area contributed by atoms with Crippen LogP contribution in [0.3, 0.4) is 0 Å². The van der Waals surface area contributed by atoms with Crippen molar-refractivity contribution in [3.8, 4) is 5.75 Å². The Morgan fingerprint density at radius 3 is 2.31 bits per heavy atom. The summed E-state index contributed by atoms with van der Waals surface area (Å²) in [5.74, 6) is -0.318. The SMILES string of the molecule is Cc1cc(Cl)ccc1OC(=O)c1cccc(S(=O)(=O)N(C)c2cccc(Cl)c2)c1. The van der Waals surface area contributed by atoms with Crippen LogP contribution in [0.2, 0.25) is 10.0 Å². The molecule has 0 fully saturated rings. The smallest absolute Gasteiger partial charge is 0.343 e. The fraction of sp³-hybridized carbons (Fsp3) is 0.0952. The summed E-state index contributed by atoms with van der Waals surface area (Å²) in [6, 6.07) is 17.0. The van der Waals surface area contributed by atoms with Crippen molar-refractivity contribution in [1.29, 1.82) is 0 Å². The third kappa shape index (κ3) is 4.72. The highest BCUT2D eigenvalue weighted by atomic mass is 35.5. The summed E-state index contributed by atoms with van der Waals surface area (Å²) >= 11 is 11.9. The number of hydrogen-bond acceptors (Lipinski definition) is 4. The lowest BCUT2D eigenvalue weighted by Crippen LogP contribution is -2.26. The molecule has 0 aliphatic carbocycles. The molecule has 0 N–H and O–H groups in total. The van der Waals surface area contributed by atoms with Crippen molar-refractivity contribution in [3.05, 3.63) is 87.9 Å². The summed E-state index contributed by atoms with van der Waals surface area (Å²) in [7, 11) is -2.48. The molecule has 0 saturated carbocycles. The first-order valence-electron chi connectivity index (χ1n) is 8.51. The minimum absolute atomic E-state index is 0.0396. The Labute approximate surface area is 179 Å². The van der Waals surface area contributed by atoms with Gasteiger partial charge in [0.05, 0.1) is 16.1 Å². The minimum Gasteiger partial charge on any atom is -0.423 e. The van der Waals surface area contributed by atoms with Crippen LogP contribution in [-0.2, 0) is 10.0 Å². The Morgan fingerprint density at radius 1 is 0.931 bits per heavy atom. The fourth-order valence-corrected chi connectivity index (χ4v) is 4.28. The van der Waals surface area contributed by atoms with E-state index < -0.39 is 16.0 Å². The van der Waals surface area contributed by atoms with Crippen LogP contribution in [0.4, 0.5) is 5.69 Å². The lowest BCUT2D eigenvalue weighted by molar-refractivity contribution is 0.0733. The zero-order valence-electron chi connectivity index (χ0n) is 15.6. The van der Waals surface area contributed by atoms with E-state index in [-0.39, 0.29) is 10.5 Å². The molecule has 0 radical (unpaired) electrons. The van der Waals surface area contributed by atoms with Crippen LogP contribution >= 0.6 is 23.2 Å². The van der Waals surface area contributed by atoms with Gasteiger partial charge in [-0.3, -0.25) is 4.31 Å². The molecular weight excluding hydrogens is 433 g/mol. The zero-order valence-corrected chi connectivity index (χ0v) is 17.9. The van der Waals surface area contributed by atoms with Gasteiger partial charge in [0.15, 0.2) is 0 Å². The van der Waals surface area contributed by atoms with E-state index in [2.05, 4.69) is 0 Å². The maximum absolute atomic E-state index is 13.0. The van der Waals surface area contributed by atoms with Crippen molar-refractivity contribution in [3.63, 3.8) is 0 Å². The van der Waals surface area contributed by atoms with Gasteiger partial charge in [0.1, 0.15) is 5.75 Å². The van der Waals surface area contributed by atoms with Crippen molar-refractivity contribution in [2.24, 2.45) is 0 Å². The van der Waals surface area contributed by atoms with Crippen molar-refractivity contribution in [1.82, 2.24) is 0 Å². The number of nitrogens with zero attached hydrogens (tertiary/aromatic N) is 1. The number of aryl methyl sites for hydroxylation is 1. The Morgan fingerprint density at radius 2 is 1.62 bits per heavy atom. The van der Waals surface area contributed by atoms with E-state index in [0.29, 0.717) is 27.0 Å². The van der Waals surface area contributed by atoms with Gasteiger partial charge in [-0.15, -0.1) is 0 Å².